The van der Waals surface area contributed by atoms with Crippen LogP contribution >= 0.6 is 0 Å². The molecule has 1 aliphatic heterocycles. The fourth-order valence-electron chi connectivity index (χ4n) is 2.10. The van der Waals surface area contributed by atoms with Crippen LogP contribution in [0.4, 0.5) is 5.69 Å². The van der Waals surface area contributed by atoms with Crippen molar-refractivity contribution in [2.75, 3.05) is 25.5 Å². The van der Waals surface area contributed by atoms with Gasteiger partial charge in [-0.1, -0.05) is 13.3 Å². The Morgan fingerprint density at radius 1 is 1.45 bits per heavy atom. The van der Waals surface area contributed by atoms with E-state index in [1.165, 1.54) is 4.31 Å². The lowest BCUT2D eigenvalue weighted by Crippen LogP contribution is -2.29. The van der Waals surface area contributed by atoms with E-state index in [4.69, 9.17) is 4.74 Å². The summed E-state index contributed by atoms with van der Waals surface area (Å²) in [4.78, 5) is 0.306. The third kappa shape index (κ3) is 3.07. The van der Waals surface area contributed by atoms with Gasteiger partial charge in [0.15, 0.2) is 0 Å². The van der Waals surface area contributed by atoms with Crippen LogP contribution in [-0.4, -0.2) is 39.0 Å². The molecule has 1 aromatic rings. The highest BCUT2D eigenvalue weighted by Crippen LogP contribution is 2.32. The monoisotopic (exact) mass is 298 g/mol. The normalized spacial score (nSPS) is 18.3. The number of fused-ring (bicyclic) bond motifs is 1. The van der Waals surface area contributed by atoms with Gasteiger partial charge in [-0.2, -0.15) is 0 Å². The van der Waals surface area contributed by atoms with Crippen LogP contribution in [0.25, 0.3) is 0 Å². The van der Waals surface area contributed by atoms with Gasteiger partial charge >= 0.3 is 0 Å². The molecule has 20 heavy (non-hydrogen) atoms. The first-order valence-corrected chi connectivity index (χ1v) is 8.40. The number of nitrogens with one attached hydrogen (secondary N) is 1. The first-order chi connectivity index (χ1) is 9.45. The first-order valence-electron chi connectivity index (χ1n) is 6.96. The average Bonchev–Trinajstić information content (AvgIpc) is 2.43. The van der Waals surface area contributed by atoms with Crippen molar-refractivity contribution in [1.82, 2.24) is 4.31 Å². The maximum atomic E-state index is 12.4. The van der Waals surface area contributed by atoms with Crippen LogP contribution in [0.2, 0.25) is 0 Å². The highest BCUT2D eigenvalue weighted by molar-refractivity contribution is 7.89. The molecule has 1 atom stereocenters. The molecule has 1 heterocycles. The minimum atomic E-state index is -3.42. The standard InChI is InChI=1S/C14H22N2O3S/c1-4-5-8-16(3)20(17,18)12-6-7-14-13(9-12)15-10-11(2)19-14/h6-7,9,11,15H,4-5,8,10H2,1-3H3. The zero-order valence-electron chi connectivity index (χ0n) is 12.2. The minimum Gasteiger partial charge on any atom is -0.487 e. The van der Waals surface area contributed by atoms with Gasteiger partial charge in [0.1, 0.15) is 11.9 Å². The minimum absolute atomic E-state index is 0.0946. The lowest BCUT2D eigenvalue weighted by molar-refractivity contribution is 0.226. The highest BCUT2D eigenvalue weighted by atomic mass is 32.2. The lowest BCUT2D eigenvalue weighted by Gasteiger charge is -2.25. The summed E-state index contributed by atoms with van der Waals surface area (Å²) in [6.07, 6.45) is 1.92. The van der Waals surface area contributed by atoms with Crippen molar-refractivity contribution in [3.63, 3.8) is 0 Å². The van der Waals surface area contributed by atoms with Crippen molar-refractivity contribution in [1.29, 1.82) is 0 Å². The predicted octanol–water partition coefficient (Wildman–Crippen LogP) is 2.30. The molecular weight excluding hydrogens is 276 g/mol. The summed E-state index contributed by atoms with van der Waals surface area (Å²) in [6.45, 7) is 5.24. The van der Waals surface area contributed by atoms with E-state index in [1.54, 1.807) is 25.2 Å². The van der Waals surface area contributed by atoms with E-state index in [-0.39, 0.29) is 6.10 Å². The molecule has 1 N–H and O–H groups in total. The molecule has 0 spiro atoms. The molecule has 1 aliphatic rings. The fraction of sp³-hybridized carbons (Fsp3) is 0.571. The van der Waals surface area contributed by atoms with E-state index in [0.29, 0.717) is 23.7 Å². The molecule has 0 saturated heterocycles. The van der Waals surface area contributed by atoms with E-state index in [0.717, 1.165) is 18.5 Å². The van der Waals surface area contributed by atoms with Gasteiger partial charge < -0.3 is 10.1 Å². The number of rotatable bonds is 5. The van der Waals surface area contributed by atoms with Crippen LogP contribution in [0.5, 0.6) is 5.75 Å². The number of benzene rings is 1. The second-order valence-corrected chi connectivity index (χ2v) is 7.19. The number of anilines is 1. The molecule has 0 amide bonds. The quantitative estimate of drug-likeness (QED) is 0.906. The number of ether oxygens (including phenoxy) is 1. The van der Waals surface area contributed by atoms with Gasteiger partial charge in [0.05, 0.1) is 17.1 Å². The van der Waals surface area contributed by atoms with Gasteiger partial charge in [-0.3, -0.25) is 0 Å². The molecule has 0 aliphatic carbocycles. The second kappa shape index (κ2) is 6.01. The molecule has 0 bridgehead atoms. The van der Waals surface area contributed by atoms with Gasteiger partial charge in [-0.05, 0) is 31.5 Å². The zero-order chi connectivity index (χ0) is 14.8. The van der Waals surface area contributed by atoms with Crippen molar-refractivity contribution < 1.29 is 13.2 Å². The second-order valence-electron chi connectivity index (χ2n) is 5.15. The Labute approximate surface area is 121 Å². The number of hydrogen-bond acceptors (Lipinski definition) is 4. The summed E-state index contributed by atoms with van der Waals surface area (Å²) in [6, 6.07) is 4.98. The Kier molecular flexibility index (Phi) is 4.55. The van der Waals surface area contributed by atoms with E-state index >= 15 is 0 Å². The van der Waals surface area contributed by atoms with Crippen LogP contribution in [0.3, 0.4) is 0 Å². The van der Waals surface area contributed by atoms with E-state index < -0.39 is 10.0 Å². The molecule has 0 radical (unpaired) electrons. The predicted molar refractivity (Wildman–Crippen MR) is 79.7 cm³/mol. The molecule has 6 heteroatoms. The van der Waals surface area contributed by atoms with Crippen LogP contribution in [0.15, 0.2) is 23.1 Å². The van der Waals surface area contributed by atoms with Crippen LogP contribution in [0, 0.1) is 0 Å². The first kappa shape index (κ1) is 15.1. The zero-order valence-corrected chi connectivity index (χ0v) is 13.0. The Morgan fingerprint density at radius 3 is 2.90 bits per heavy atom. The molecular formula is C14H22N2O3S. The topological polar surface area (TPSA) is 58.6 Å². The van der Waals surface area contributed by atoms with Gasteiger partial charge in [-0.25, -0.2) is 12.7 Å². The van der Waals surface area contributed by atoms with Crippen LogP contribution in [0.1, 0.15) is 26.7 Å². The van der Waals surface area contributed by atoms with Gasteiger partial charge in [0.2, 0.25) is 10.0 Å². The summed E-state index contributed by atoms with van der Waals surface area (Å²) in [7, 11) is -1.80. The third-order valence-electron chi connectivity index (χ3n) is 3.39. The number of nitrogens with zero attached hydrogens (tertiary/aromatic N) is 1. The van der Waals surface area contributed by atoms with Crippen molar-refractivity contribution in [3.8, 4) is 5.75 Å². The molecule has 112 valence electrons. The van der Waals surface area contributed by atoms with Gasteiger partial charge in [0.25, 0.3) is 0 Å². The van der Waals surface area contributed by atoms with E-state index in [2.05, 4.69) is 5.32 Å². The summed E-state index contributed by atoms with van der Waals surface area (Å²) >= 11 is 0. The largest absolute Gasteiger partial charge is 0.487 e. The summed E-state index contributed by atoms with van der Waals surface area (Å²) in [5, 5.41) is 3.20. The maximum Gasteiger partial charge on any atom is 0.242 e. The Balaban J connectivity index is 2.25. The molecule has 1 unspecified atom stereocenters. The highest BCUT2D eigenvalue weighted by Gasteiger charge is 2.23. The molecule has 2 rings (SSSR count). The summed E-state index contributed by atoms with van der Waals surface area (Å²) < 4.78 is 32.0. The number of sulfonamides is 1. The molecule has 5 nitrogen and oxygen atoms in total. The molecule has 1 aromatic carbocycles. The van der Waals surface area contributed by atoms with E-state index in [9.17, 15) is 8.42 Å². The Morgan fingerprint density at radius 2 is 2.20 bits per heavy atom. The van der Waals surface area contributed by atoms with E-state index in [1.807, 2.05) is 13.8 Å². The van der Waals surface area contributed by atoms with Crippen LogP contribution < -0.4 is 10.1 Å². The van der Waals surface area contributed by atoms with Gasteiger partial charge in [0, 0.05) is 13.6 Å². The smallest absolute Gasteiger partial charge is 0.242 e. The lowest BCUT2D eigenvalue weighted by atomic mass is 10.2. The number of unbranched alkanes of at least 4 members (excludes halogenated alkanes) is 1. The Hall–Kier alpha value is -1.27. The molecule has 0 aromatic heterocycles. The molecule has 0 saturated carbocycles. The average molecular weight is 298 g/mol. The summed E-state index contributed by atoms with van der Waals surface area (Å²) in [5.74, 6) is 0.707. The van der Waals surface area contributed by atoms with Gasteiger partial charge in [-0.15, -0.1) is 0 Å². The summed E-state index contributed by atoms with van der Waals surface area (Å²) in [5.41, 5.74) is 0.744. The number of hydrogen-bond donors (Lipinski definition) is 1. The molecule has 0 fully saturated rings. The van der Waals surface area contributed by atoms with Crippen molar-refractivity contribution in [2.45, 2.75) is 37.7 Å². The fourth-order valence-corrected chi connectivity index (χ4v) is 3.34. The van der Waals surface area contributed by atoms with Crippen LogP contribution in [-0.2, 0) is 10.0 Å². The Bertz CT molecular complexity index is 572. The van der Waals surface area contributed by atoms with Crippen molar-refractivity contribution in [2.24, 2.45) is 0 Å². The van der Waals surface area contributed by atoms with Crippen molar-refractivity contribution >= 4 is 15.7 Å². The SMILES string of the molecule is CCCCN(C)S(=O)(=O)c1ccc2c(c1)NCC(C)O2. The third-order valence-corrected chi connectivity index (χ3v) is 5.25. The maximum absolute atomic E-state index is 12.4. The van der Waals surface area contributed by atoms with Crippen molar-refractivity contribution in [3.05, 3.63) is 18.2 Å².